The molecule has 3 aliphatic heterocycles. The molecule has 0 aliphatic carbocycles. The Morgan fingerprint density at radius 1 is 0.511 bits per heavy atom. The molecule has 0 spiro atoms. The third-order valence-corrected chi connectivity index (χ3v) is 27.6. The van der Waals surface area contributed by atoms with Gasteiger partial charge in [-0.05, 0) is 214 Å². The lowest BCUT2D eigenvalue weighted by atomic mass is 10.1. The summed E-state index contributed by atoms with van der Waals surface area (Å²) in [6.45, 7) is 17.7. The molecule has 4 aromatic carbocycles. The van der Waals surface area contributed by atoms with E-state index in [1.54, 1.807) is 135 Å². The van der Waals surface area contributed by atoms with E-state index in [0.717, 1.165) is 73.7 Å². The van der Waals surface area contributed by atoms with Crippen molar-refractivity contribution in [3.05, 3.63) is 261 Å². The Kier molecular flexibility index (Phi) is 46.7. The first-order valence-electron chi connectivity index (χ1n) is 40.5. The number of rotatable bonds is 20. The van der Waals surface area contributed by atoms with Gasteiger partial charge >= 0.3 is 46.2 Å². The number of halogens is 2. The summed E-state index contributed by atoms with van der Waals surface area (Å²) in [5.74, 6) is -0.349. The average Bonchev–Trinajstić information content (AvgIpc) is 1.62. The lowest BCUT2D eigenvalue weighted by Crippen LogP contribution is -2.33. The number of nitrogen functional groups attached to an aromatic ring is 1. The summed E-state index contributed by atoms with van der Waals surface area (Å²) in [5, 5.41) is 4.18. The van der Waals surface area contributed by atoms with Crippen molar-refractivity contribution >= 4 is 182 Å². The van der Waals surface area contributed by atoms with Crippen molar-refractivity contribution in [1.82, 2.24) is 24.9 Å². The van der Waals surface area contributed by atoms with E-state index in [1.807, 2.05) is 65.8 Å². The molecule has 0 saturated carbocycles. The molecule has 0 unspecified atom stereocenters. The average molecular weight is 2100 g/mol. The molecule has 0 bridgehead atoms. The number of pyridine rings is 5. The summed E-state index contributed by atoms with van der Waals surface area (Å²) in [5.41, 5.74) is 13.9. The van der Waals surface area contributed by atoms with Crippen LogP contribution < -0.4 is 24.4 Å². The number of hydrogen-bond donors (Lipinski definition) is 6. The molecule has 10 heterocycles. The fourth-order valence-electron chi connectivity index (χ4n) is 11.7. The van der Waals surface area contributed by atoms with Crippen LogP contribution >= 0.6 is 61.9 Å². The summed E-state index contributed by atoms with van der Waals surface area (Å²) in [6, 6.07) is 47.0. The van der Waals surface area contributed by atoms with Gasteiger partial charge in [-0.25, -0.2) is 86.4 Å². The van der Waals surface area contributed by atoms with Gasteiger partial charge in [0.25, 0.3) is 39.1 Å². The number of thiol groups is 1. The normalized spacial score (nSPS) is 12.0. The number of aromatic nitrogens is 5. The Balaban J connectivity index is 0.000000280. The number of hydrogen-bond acceptors (Lipinski definition) is 33. The number of ether oxygens (including phenoxy) is 6. The lowest BCUT2D eigenvalue weighted by Gasteiger charge is -2.23. The lowest BCUT2D eigenvalue weighted by molar-refractivity contribution is -0.143. The third-order valence-electron chi connectivity index (χ3n) is 18.0. The molecule has 726 valence electrons. The van der Waals surface area contributed by atoms with Crippen LogP contribution in [-0.4, -0.2) is 189 Å². The van der Waals surface area contributed by atoms with E-state index in [1.165, 1.54) is 106 Å². The van der Waals surface area contributed by atoms with Gasteiger partial charge in [0, 0.05) is 100 Å². The molecular formula is C90H104BrClN10O25S8. The first-order chi connectivity index (χ1) is 63.5. The second-order valence-corrected chi connectivity index (χ2v) is 39.8. The first-order valence-corrected chi connectivity index (χ1v) is 52.0. The van der Waals surface area contributed by atoms with Gasteiger partial charge in [-0.15, -0.1) is 22.7 Å². The van der Waals surface area contributed by atoms with Crippen molar-refractivity contribution in [2.75, 3.05) is 95.7 Å². The summed E-state index contributed by atoms with van der Waals surface area (Å²) in [6.07, 6.45) is 11.3. The van der Waals surface area contributed by atoms with Gasteiger partial charge in [0.2, 0.25) is 0 Å². The number of aryl methyl sites for hydroxylation is 4. The number of nitrogens with one attached hydrogen (secondary N) is 2. The van der Waals surface area contributed by atoms with Crippen LogP contribution in [0.3, 0.4) is 0 Å². The Bertz CT molecular complexity index is 6420. The fourth-order valence-corrected chi connectivity index (χ4v) is 19.1. The SMILES string of the molecule is C.CCOC(=O)CCCBr.CCOC(=O)CS.CCOC(=O)c1cc2c(s1)-c1cccnc1N(S(=O)(=O)c1ccc(C)cc1)CC2.CCOC(=O)c1cc2c(s1)-c1cccnc1NCC2.COC(=O)c1cccnc1N.COC(=O)c1cccnc1NS(=O)(=O)c1ccc(C)cc1.Cc1ccc(S(=O)(=O)Cl)cc1.Cc1ccc(S(=O)(=O)N2CCCC(=O)c3cccnc32)cc1.O=S(=O)(O)O. The second-order valence-electron chi connectivity index (χ2n) is 27.8. The minimum absolute atomic E-state index is 0. The van der Waals surface area contributed by atoms with E-state index in [9.17, 15) is 67.2 Å². The summed E-state index contributed by atoms with van der Waals surface area (Å²) < 4.78 is 163. The molecule has 135 heavy (non-hydrogen) atoms. The number of methoxy groups -OCH3 is 2. The largest absolute Gasteiger partial charge is 0.466 e. The highest BCUT2D eigenvalue weighted by Gasteiger charge is 2.35. The summed E-state index contributed by atoms with van der Waals surface area (Å²) in [4.78, 5) is 104. The molecule has 0 saturated heterocycles. The van der Waals surface area contributed by atoms with Crippen molar-refractivity contribution in [3.63, 3.8) is 0 Å². The number of benzene rings is 4. The Morgan fingerprint density at radius 3 is 1.37 bits per heavy atom. The highest BCUT2D eigenvalue weighted by atomic mass is 79.9. The predicted molar refractivity (Wildman–Crippen MR) is 525 cm³/mol. The number of thiophene rings is 2. The highest BCUT2D eigenvalue weighted by Crippen LogP contribution is 2.43. The first kappa shape index (κ1) is 114. The maximum absolute atomic E-state index is 13.4. The number of nitrogens with zero attached hydrogens (tertiary/aromatic N) is 7. The van der Waals surface area contributed by atoms with E-state index in [-0.39, 0.29) is 98.5 Å². The Labute approximate surface area is 812 Å². The Hall–Kier alpha value is -11.7. The smallest absolute Gasteiger partial charge is 0.394 e. The maximum atomic E-state index is 13.4. The standard InChI is InChI=1S/C21H20N2O4S2.C16H16N2O3S.C14H14N2O4S.C14H14N2O2S.C7H7ClO2S.C7H8N2O2.C6H11BrO2.C4H8O2S.CH4.H2O4S/c1-3-27-21(24)18-13-15-10-12-23(20-17(19(15)28-18)5-4-11-22-20)29(25,26)16-8-6-14(2)7-9-16;1-12-6-8-13(9-7-12)22(20,21)18-11-3-5-15(19)14-4-2-10-17-16(14)18;1-10-5-7-11(8-6-10)21(18,19)16-13-12(14(17)20-2)4-3-9-15-13;1-2-18-14(17)11-8-9-5-7-16-13-10(12(9)19-11)4-3-6-15-13;1-6-2-4-7(5-3-6)11(8,9)10;1-11-7(10)5-3-2-4-9-6(5)8;1-2-9-6(8)4-3-5-7;1-2-6-4(5)3-7;;1-5(2,3)4/h4-9,11,13H,3,10,12H2,1-2H3;2,4,6-10H,3,5,11H2,1H3;3-9H,1-2H3,(H,15,16);3-4,6,8H,2,5,7H2,1H3,(H,15,16);2-5H,1H3;2-4H,1H3,(H2,8,9);2-5H2,1H3;7H,2-3H2,1H3;1H4;(H2,1,2,3,4). The molecular weight excluding hydrogens is 1990 g/mol. The minimum Gasteiger partial charge on any atom is -0.466 e. The molecule has 3 aliphatic rings. The van der Waals surface area contributed by atoms with Gasteiger partial charge in [-0.1, -0.05) is 94.1 Å². The van der Waals surface area contributed by atoms with Crippen molar-refractivity contribution in [2.45, 2.75) is 121 Å². The quantitative estimate of drug-likeness (QED) is 0.0103. The van der Waals surface area contributed by atoms with E-state index in [4.69, 9.17) is 43.4 Å². The maximum Gasteiger partial charge on any atom is 0.394 e. The predicted octanol–water partition coefficient (Wildman–Crippen LogP) is 16.1. The van der Waals surface area contributed by atoms with E-state index in [0.29, 0.717) is 84.4 Å². The molecule has 0 atom stereocenters. The zero-order valence-corrected chi connectivity index (χ0v) is 83.2. The van der Waals surface area contributed by atoms with Crippen molar-refractivity contribution in [1.29, 1.82) is 0 Å². The van der Waals surface area contributed by atoms with Gasteiger partial charge in [0.1, 0.15) is 32.5 Å². The molecule has 11 aromatic rings. The highest BCUT2D eigenvalue weighted by molar-refractivity contribution is 9.09. The fraction of sp³-hybridized carbons (Fsp3) is 0.289. The van der Waals surface area contributed by atoms with Crippen LogP contribution in [0.15, 0.2) is 220 Å². The number of anilines is 5. The number of alkyl halides is 1. The van der Waals surface area contributed by atoms with E-state index in [2.05, 4.69) is 82.5 Å². The van der Waals surface area contributed by atoms with Crippen LogP contribution in [0.2, 0.25) is 0 Å². The number of fused-ring (bicyclic) bond motifs is 7. The molecule has 0 radical (unpaired) electrons. The van der Waals surface area contributed by atoms with Crippen LogP contribution in [0, 0.1) is 27.7 Å². The van der Waals surface area contributed by atoms with E-state index < -0.39 is 61.5 Å². The minimum atomic E-state index is -4.67. The number of ketones is 1. The van der Waals surface area contributed by atoms with Crippen LogP contribution in [0.1, 0.15) is 145 Å². The number of carbonyl (C=O) groups is 7. The van der Waals surface area contributed by atoms with Gasteiger partial charge in [-0.3, -0.25) is 28.2 Å². The topological polar surface area (TPSA) is 507 Å². The second kappa shape index (κ2) is 55.4. The van der Waals surface area contributed by atoms with Crippen LogP contribution in [0.25, 0.3) is 20.9 Å². The molecule has 6 N–H and O–H groups in total. The monoisotopic (exact) mass is 2090 g/mol. The number of sulfonamides is 3. The molecule has 35 nitrogen and oxygen atoms in total. The zero-order valence-electron chi connectivity index (χ0n) is 74.2. The van der Waals surface area contributed by atoms with Gasteiger partial charge in [0.15, 0.2) is 23.2 Å². The molecule has 0 fully saturated rings. The van der Waals surface area contributed by atoms with Crippen molar-refractivity contribution in [3.8, 4) is 20.9 Å². The van der Waals surface area contributed by atoms with Gasteiger partial charge in [-0.2, -0.15) is 21.0 Å². The molecule has 14 rings (SSSR count). The van der Waals surface area contributed by atoms with Gasteiger partial charge < -0.3 is 39.5 Å². The van der Waals surface area contributed by atoms with Crippen LogP contribution in [0.4, 0.5) is 29.1 Å². The third kappa shape index (κ3) is 35.5. The summed E-state index contributed by atoms with van der Waals surface area (Å²) >= 11 is 9.69. The van der Waals surface area contributed by atoms with Crippen LogP contribution in [0.5, 0.6) is 0 Å². The van der Waals surface area contributed by atoms with Crippen LogP contribution in [-0.2, 0) is 100 Å². The molecule has 45 heteroatoms. The number of Topliss-reactive ketones (excluding diaryl/α,β-unsaturated/α-hetero) is 1. The zero-order chi connectivity index (χ0) is 99.1. The number of carbonyl (C=O) groups excluding carboxylic acids is 7. The summed E-state index contributed by atoms with van der Waals surface area (Å²) in [7, 11) is -11.9. The van der Waals surface area contributed by atoms with E-state index >= 15 is 0 Å². The van der Waals surface area contributed by atoms with Crippen molar-refractivity contribution in [2.24, 2.45) is 0 Å². The molecule has 7 aromatic heterocycles. The van der Waals surface area contributed by atoms with Crippen molar-refractivity contribution < 1.29 is 113 Å². The van der Waals surface area contributed by atoms with Gasteiger partial charge in [0.05, 0.1) is 71.5 Å². The number of esters is 6. The Morgan fingerprint density at radius 2 is 0.911 bits per heavy atom. The molecule has 0 amide bonds. The number of nitrogens with two attached hydrogens (primary N) is 1.